The van der Waals surface area contributed by atoms with Crippen molar-refractivity contribution in [3.63, 3.8) is 0 Å². The van der Waals surface area contributed by atoms with Gasteiger partial charge in [0.25, 0.3) is 0 Å². The smallest absolute Gasteiger partial charge is 0.325 e. The number of fused-ring (bicyclic) bond motifs is 1. The number of ether oxygens (including phenoxy) is 1. The molecule has 1 aliphatic heterocycles. The standard InChI is InChI=1S/C25H29ClN8O/c1-3-33-8-10-34(11-9-33)23-14-21(28-22-13-19(31-32-22)16-4-5-16)29-25(30-23)35-20-7-6-18-17(24(20)26)12-15(2)27-18/h6-7,12-14,16,27H,3-5,8-11H2,1-2H3,(H2,28,29,30,31,32). The lowest BCUT2D eigenvalue weighted by molar-refractivity contribution is 0.270. The van der Waals surface area contributed by atoms with Gasteiger partial charge in [-0.25, -0.2) is 0 Å². The third kappa shape index (κ3) is 4.66. The zero-order valence-corrected chi connectivity index (χ0v) is 20.7. The Morgan fingerprint density at radius 3 is 2.69 bits per heavy atom. The number of aromatic nitrogens is 5. The van der Waals surface area contributed by atoms with Gasteiger partial charge in [0.1, 0.15) is 17.4 Å². The third-order valence-corrected chi connectivity index (χ3v) is 7.13. The summed E-state index contributed by atoms with van der Waals surface area (Å²) in [5.41, 5.74) is 3.17. The first kappa shape index (κ1) is 22.2. The number of H-pyrrole nitrogens is 2. The summed E-state index contributed by atoms with van der Waals surface area (Å²) in [4.78, 5) is 17.4. The molecule has 1 saturated heterocycles. The molecule has 182 valence electrons. The number of nitrogens with zero attached hydrogens (tertiary/aromatic N) is 5. The highest BCUT2D eigenvalue weighted by atomic mass is 35.5. The second kappa shape index (κ2) is 9.05. The third-order valence-electron chi connectivity index (χ3n) is 6.74. The van der Waals surface area contributed by atoms with E-state index in [4.69, 9.17) is 21.3 Å². The van der Waals surface area contributed by atoms with Crippen LogP contribution in [0.1, 0.15) is 37.1 Å². The Hall–Kier alpha value is -3.30. The van der Waals surface area contributed by atoms with Crippen LogP contribution in [-0.4, -0.2) is 62.8 Å². The Morgan fingerprint density at radius 2 is 1.91 bits per heavy atom. The van der Waals surface area contributed by atoms with E-state index in [0.29, 0.717) is 22.5 Å². The van der Waals surface area contributed by atoms with Crippen molar-refractivity contribution in [2.75, 3.05) is 42.9 Å². The van der Waals surface area contributed by atoms with Crippen molar-refractivity contribution in [3.8, 4) is 11.8 Å². The van der Waals surface area contributed by atoms with Crippen LogP contribution in [-0.2, 0) is 0 Å². The maximum atomic E-state index is 6.69. The number of hydrogen-bond acceptors (Lipinski definition) is 7. The lowest BCUT2D eigenvalue weighted by Gasteiger charge is -2.34. The maximum absolute atomic E-state index is 6.69. The molecule has 35 heavy (non-hydrogen) atoms. The van der Waals surface area contributed by atoms with Crippen LogP contribution in [0, 0.1) is 6.92 Å². The van der Waals surface area contributed by atoms with E-state index >= 15 is 0 Å². The summed E-state index contributed by atoms with van der Waals surface area (Å²) in [6.07, 6.45) is 2.43. The molecule has 6 rings (SSSR count). The van der Waals surface area contributed by atoms with Gasteiger partial charge in [0.15, 0.2) is 5.82 Å². The second-order valence-corrected chi connectivity index (χ2v) is 9.69. The number of nitrogens with one attached hydrogen (secondary N) is 3. The number of aryl methyl sites for hydroxylation is 1. The molecule has 2 fully saturated rings. The summed E-state index contributed by atoms with van der Waals surface area (Å²) >= 11 is 6.69. The Morgan fingerprint density at radius 1 is 1.09 bits per heavy atom. The number of piperazine rings is 1. The fourth-order valence-corrected chi connectivity index (χ4v) is 4.84. The normalized spacial score (nSPS) is 16.7. The topological polar surface area (TPSA) is 98.0 Å². The lowest BCUT2D eigenvalue weighted by atomic mass is 10.2. The number of rotatable bonds is 7. The molecule has 0 atom stereocenters. The van der Waals surface area contributed by atoms with Gasteiger partial charge in [0, 0.05) is 66.5 Å². The van der Waals surface area contributed by atoms with Crippen molar-refractivity contribution in [1.82, 2.24) is 30.0 Å². The lowest BCUT2D eigenvalue weighted by Crippen LogP contribution is -2.46. The van der Waals surface area contributed by atoms with Crippen LogP contribution in [0.25, 0.3) is 10.9 Å². The Balaban J connectivity index is 1.31. The van der Waals surface area contributed by atoms with Gasteiger partial charge in [-0.05, 0) is 44.5 Å². The molecule has 0 spiro atoms. The minimum Gasteiger partial charge on any atom is -0.423 e. The predicted molar refractivity (Wildman–Crippen MR) is 138 cm³/mol. The van der Waals surface area contributed by atoms with Crippen LogP contribution in [0.5, 0.6) is 11.8 Å². The van der Waals surface area contributed by atoms with Crippen LogP contribution >= 0.6 is 11.6 Å². The Bertz CT molecular complexity index is 1350. The van der Waals surface area contributed by atoms with Crippen molar-refractivity contribution in [2.24, 2.45) is 0 Å². The molecule has 10 heteroatoms. The zero-order valence-electron chi connectivity index (χ0n) is 19.9. The molecule has 2 aliphatic rings. The Labute approximate surface area is 208 Å². The summed E-state index contributed by atoms with van der Waals surface area (Å²) in [5, 5.41) is 12.3. The van der Waals surface area contributed by atoms with Crippen molar-refractivity contribution in [1.29, 1.82) is 0 Å². The molecule has 3 aromatic heterocycles. The molecule has 4 aromatic rings. The van der Waals surface area contributed by atoms with Crippen molar-refractivity contribution in [2.45, 2.75) is 32.6 Å². The SMILES string of the molecule is CCN1CCN(c2cc(Nc3cc(C4CC4)[nH]n3)nc(Oc3ccc4[nH]c(C)cc4c3Cl)n2)CC1. The molecule has 1 saturated carbocycles. The van der Waals surface area contributed by atoms with E-state index in [1.165, 1.54) is 12.8 Å². The van der Waals surface area contributed by atoms with Crippen molar-refractivity contribution in [3.05, 3.63) is 46.7 Å². The average Bonchev–Trinajstić information content (AvgIpc) is 3.49. The highest BCUT2D eigenvalue weighted by molar-refractivity contribution is 6.37. The van der Waals surface area contributed by atoms with E-state index in [-0.39, 0.29) is 6.01 Å². The fraction of sp³-hybridized carbons (Fsp3) is 0.400. The van der Waals surface area contributed by atoms with E-state index in [9.17, 15) is 0 Å². The molecule has 9 nitrogen and oxygen atoms in total. The van der Waals surface area contributed by atoms with Crippen LogP contribution in [0.2, 0.25) is 5.02 Å². The first-order valence-corrected chi connectivity index (χ1v) is 12.6. The molecule has 1 aromatic carbocycles. The second-order valence-electron chi connectivity index (χ2n) is 9.32. The molecule has 3 N–H and O–H groups in total. The summed E-state index contributed by atoms with van der Waals surface area (Å²) < 4.78 is 6.16. The molecular formula is C25H29ClN8O. The van der Waals surface area contributed by atoms with Crippen LogP contribution in [0.4, 0.5) is 17.5 Å². The first-order valence-electron chi connectivity index (χ1n) is 12.2. The monoisotopic (exact) mass is 492 g/mol. The van der Waals surface area contributed by atoms with E-state index in [1.54, 1.807) is 0 Å². The number of aromatic amines is 2. The van der Waals surface area contributed by atoms with Gasteiger partial charge in [0.2, 0.25) is 0 Å². The molecule has 0 amide bonds. The minimum absolute atomic E-state index is 0.245. The largest absolute Gasteiger partial charge is 0.423 e. The summed E-state index contributed by atoms with van der Waals surface area (Å²) in [6, 6.07) is 10.1. The van der Waals surface area contributed by atoms with Gasteiger partial charge < -0.3 is 24.8 Å². The van der Waals surface area contributed by atoms with Gasteiger partial charge >= 0.3 is 6.01 Å². The molecule has 0 radical (unpaired) electrons. The maximum Gasteiger partial charge on any atom is 0.325 e. The number of benzene rings is 1. The van der Waals surface area contributed by atoms with E-state index < -0.39 is 0 Å². The predicted octanol–water partition coefficient (Wildman–Crippen LogP) is 5.20. The van der Waals surface area contributed by atoms with E-state index in [2.05, 4.69) is 48.3 Å². The average molecular weight is 493 g/mol. The zero-order chi connectivity index (χ0) is 23.9. The molecule has 1 aliphatic carbocycles. The summed E-state index contributed by atoms with van der Waals surface area (Å²) in [5.74, 6) is 3.31. The van der Waals surface area contributed by atoms with Crippen LogP contribution in [0.3, 0.4) is 0 Å². The number of likely N-dealkylation sites (N-methyl/N-ethyl adjacent to an activating group) is 1. The van der Waals surface area contributed by atoms with Gasteiger partial charge in [0.05, 0.1) is 5.02 Å². The van der Waals surface area contributed by atoms with Crippen molar-refractivity contribution < 1.29 is 4.74 Å². The van der Waals surface area contributed by atoms with E-state index in [1.807, 2.05) is 31.2 Å². The molecule has 0 bridgehead atoms. The highest BCUT2D eigenvalue weighted by Gasteiger charge is 2.26. The van der Waals surface area contributed by atoms with Crippen LogP contribution in [0.15, 0.2) is 30.3 Å². The quantitative estimate of drug-likeness (QED) is 0.326. The van der Waals surface area contributed by atoms with Gasteiger partial charge in [-0.2, -0.15) is 15.1 Å². The molecule has 0 unspecified atom stereocenters. The van der Waals surface area contributed by atoms with Gasteiger partial charge in [-0.1, -0.05) is 18.5 Å². The Kier molecular flexibility index (Phi) is 5.74. The van der Waals surface area contributed by atoms with Gasteiger partial charge in [-0.3, -0.25) is 5.10 Å². The summed E-state index contributed by atoms with van der Waals surface area (Å²) in [6.45, 7) is 9.04. The molecular weight excluding hydrogens is 464 g/mol. The summed E-state index contributed by atoms with van der Waals surface area (Å²) in [7, 11) is 0. The van der Waals surface area contributed by atoms with Gasteiger partial charge in [-0.15, -0.1) is 0 Å². The fourth-order valence-electron chi connectivity index (χ4n) is 4.58. The first-order chi connectivity index (χ1) is 17.1. The van der Waals surface area contributed by atoms with E-state index in [0.717, 1.165) is 66.7 Å². The number of anilines is 3. The van der Waals surface area contributed by atoms with Crippen LogP contribution < -0.4 is 15.0 Å². The van der Waals surface area contributed by atoms with Crippen molar-refractivity contribution >= 4 is 40.0 Å². The highest BCUT2D eigenvalue weighted by Crippen LogP contribution is 2.40. The number of hydrogen-bond donors (Lipinski definition) is 3. The minimum atomic E-state index is 0.245. The number of halogens is 1. The molecule has 4 heterocycles.